The normalized spacial score (nSPS) is 18.5. The molecule has 3 rings (SSSR count). The Morgan fingerprint density at radius 2 is 2.21 bits per heavy atom. The van der Waals surface area contributed by atoms with Crippen LogP contribution in [0.15, 0.2) is 30.6 Å². The maximum atomic E-state index is 12.7. The van der Waals surface area contributed by atoms with Crippen LogP contribution in [0.1, 0.15) is 42.3 Å². The number of amides is 1. The highest BCUT2D eigenvalue weighted by atomic mass is 16.2. The quantitative estimate of drug-likeness (QED) is 0.915. The Balaban J connectivity index is 1.63. The number of carbonyl (C=O) groups is 1. The van der Waals surface area contributed by atoms with Gasteiger partial charge >= 0.3 is 0 Å². The largest absolute Gasteiger partial charge is 0.340 e. The molecule has 0 bridgehead atoms. The predicted molar refractivity (Wildman–Crippen MR) is 92.2 cm³/mol. The van der Waals surface area contributed by atoms with Crippen LogP contribution in [0.4, 0.5) is 0 Å². The first kappa shape index (κ1) is 16.6. The molecule has 24 heavy (non-hydrogen) atoms. The Hall–Kier alpha value is -2.21. The summed E-state index contributed by atoms with van der Waals surface area (Å²) < 4.78 is 0. The van der Waals surface area contributed by atoms with E-state index in [-0.39, 0.29) is 11.9 Å². The van der Waals surface area contributed by atoms with Crippen LogP contribution in [0.25, 0.3) is 0 Å². The molecule has 1 aromatic heterocycles. The van der Waals surface area contributed by atoms with Crippen molar-refractivity contribution in [2.45, 2.75) is 38.8 Å². The molecule has 0 spiro atoms. The summed E-state index contributed by atoms with van der Waals surface area (Å²) in [6.07, 6.45) is 4.84. The first-order valence-electron chi connectivity index (χ1n) is 8.53. The average Bonchev–Trinajstić information content (AvgIpc) is 3.11. The van der Waals surface area contributed by atoms with Crippen LogP contribution in [-0.4, -0.2) is 51.0 Å². The molecule has 2 aromatic rings. The van der Waals surface area contributed by atoms with Crippen molar-refractivity contribution in [2.24, 2.45) is 0 Å². The number of H-pyrrole nitrogens is 1. The molecule has 2 heterocycles. The molecule has 1 aromatic carbocycles. The number of hydrogen-bond donors (Lipinski definition) is 1. The van der Waals surface area contributed by atoms with Crippen LogP contribution < -0.4 is 0 Å². The third kappa shape index (κ3) is 3.82. The molecule has 1 fully saturated rings. The van der Waals surface area contributed by atoms with Gasteiger partial charge < -0.3 is 4.90 Å². The molecule has 1 saturated heterocycles. The van der Waals surface area contributed by atoms with Gasteiger partial charge in [0, 0.05) is 13.6 Å². The topological polar surface area (TPSA) is 65.1 Å². The van der Waals surface area contributed by atoms with Crippen LogP contribution in [0, 0.1) is 6.92 Å². The summed E-state index contributed by atoms with van der Waals surface area (Å²) >= 11 is 0. The molecule has 0 unspecified atom stereocenters. The fourth-order valence-corrected chi connectivity index (χ4v) is 3.29. The number of likely N-dealkylation sites (N-methyl/N-ethyl adjacent to an activating group) is 1. The van der Waals surface area contributed by atoms with Crippen molar-refractivity contribution in [1.82, 2.24) is 25.0 Å². The average molecular weight is 327 g/mol. The Morgan fingerprint density at radius 3 is 2.96 bits per heavy atom. The molecule has 1 aliphatic heterocycles. The maximum Gasteiger partial charge on any atom is 0.236 e. The second-order valence-corrected chi connectivity index (χ2v) is 6.53. The molecular formula is C18H25N5O. The highest BCUT2D eigenvalue weighted by molar-refractivity contribution is 5.78. The first-order valence-corrected chi connectivity index (χ1v) is 8.53. The van der Waals surface area contributed by atoms with Gasteiger partial charge in [0.1, 0.15) is 12.2 Å². The Bertz CT molecular complexity index is 670. The van der Waals surface area contributed by atoms with E-state index in [1.165, 1.54) is 17.5 Å². The molecule has 1 aliphatic rings. The van der Waals surface area contributed by atoms with Crippen LogP contribution in [0.2, 0.25) is 0 Å². The minimum atomic E-state index is 0.143. The molecule has 6 heteroatoms. The summed E-state index contributed by atoms with van der Waals surface area (Å²) in [6, 6.07) is 8.37. The van der Waals surface area contributed by atoms with E-state index in [0.29, 0.717) is 13.1 Å². The van der Waals surface area contributed by atoms with Crippen molar-refractivity contribution in [3.8, 4) is 0 Å². The first-order chi connectivity index (χ1) is 11.6. The molecular weight excluding hydrogens is 302 g/mol. The van der Waals surface area contributed by atoms with Crippen LogP contribution >= 0.6 is 0 Å². The van der Waals surface area contributed by atoms with Crippen molar-refractivity contribution in [2.75, 3.05) is 20.1 Å². The summed E-state index contributed by atoms with van der Waals surface area (Å²) in [7, 11) is 1.88. The van der Waals surface area contributed by atoms with Gasteiger partial charge in [-0.2, -0.15) is 5.10 Å². The monoisotopic (exact) mass is 327 g/mol. The molecule has 1 atom stereocenters. The molecule has 0 aliphatic carbocycles. The minimum Gasteiger partial charge on any atom is -0.340 e. The summed E-state index contributed by atoms with van der Waals surface area (Å²) in [5.41, 5.74) is 2.41. The van der Waals surface area contributed by atoms with Crippen LogP contribution in [-0.2, 0) is 11.3 Å². The Labute approximate surface area is 142 Å². The Kier molecular flexibility index (Phi) is 5.25. The van der Waals surface area contributed by atoms with E-state index in [4.69, 9.17) is 0 Å². The number of benzene rings is 1. The van der Waals surface area contributed by atoms with E-state index in [2.05, 4.69) is 39.1 Å². The summed E-state index contributed by atoms with van der Waals surface area (Å²) in [5.74, 6) is 1.01. The number of hydrogen-bond acceptors (Lipinski definition) is 4. The number of nitrogens with one attached hydrogen (secondary N) is 1. The van der Waals surface area contributed by atoms with Crippen molar-refractivity contribution >= 4 is 5.91 Å². The lowest BCUT2D eigenvalue weighted by Gasteiger charge is -2.34. The SMILES string of the molecule is Cc1ccccc1CN(C)C(=O)CN1CCCC[C@@H]1c1ncn[nH]1. The maximum absolute atomic E-state index is 12.7. The highest BCUT2D eigenvalue weighted by Crippen LogP contribution is 2.28. The van der Waals surface area contributed by atoms with E-state index >= 15 is 0 Å². The van der Waals surface area contributed by atoms with E-state index in [0.717, 1.165) is 31.6 Å². The Morgan fingerprint density at radius 1 is 1.38 bits per heavy atom. The molecule has 0 radical (unpaired) electrons. The van der Waals surface area contributed by atoms with Gasteiger partial charge in [-0.25, -0.2) is 4.98 Å². The fraction of sp³-hybridized carbons (Fsp3) is 0.500. The van der Waals surface area contributed by atoms with E-state index in [9.17, 15) is 4.79 Å². The lowest BCUT2D eigenvalue weighted by Crippen LogP contribution is -2.42. The summed E-state index contributed by atoms with van der Waals surface area (Å²) in [4.78, 5) is 21.0. The highest BCUT2D eigenvalue weighted by Gasteiger charge is 2.28. The van der Waals surface area contributed by atoms with Crippen molar-refractivity contribution in [3.05, 3.63) is 47.5 Å². The second kappa shape index (κ2) is 7.57. The summed E-state index contributed by atoms with van der Waals surface area (Å²) in [6.45, 7) is 4.08. The predicted octanol–water partition coefficient (Wildman–Crippen LogP) is 2.30. The number of piperidine rings is 1. The van der Waals surface area contributed by atoms with Gasteiger partial charge in [-0.15, -0.1) is 0 Å². The smallest absolute Gasteiger partial charge is 0.236 e. The van der Waals surface area contributed by atoms with Crippen molar-refractivity contribution in [1.29, 1.82) is 0 Å². The molecule has 1 N–H and O–H groups in total. The van der Waals surface area contributed by atoms with E-state index in [1.54, 1.807) is 0 Å². The molecule has 0 saturated carbocycles. The van der Waals surface area contributed by atoms with E-state index in [1.807, 2.05) is 24.1 Å². The number of rotatable bonds is 5. The zero-order chi connectivity index (χ0) is 16.9. The van der Waals surface area contributed by atoms with Gasteiger partial charge in [0.2, 0.25) is 5.91 Å². The van der Waals surface area contributed by atoms with Gasteiger partial charge in [0.05, 0.1) is 12.6 Å². The third-order valence-electron chi connectivity index (χ3n) is 4.80. The molecule has 128 valence electrons. The van der Waals surface area contributed by atoms with Crippen LogP contribution in [0.5, 0.6) is 0 Å². The lowest BCUT2D eigenvalue weighted by atomic mass is 10.0. The molecule has 6 nitrogen and oxygen atoms in total. The minimum absolute atomic E-state index is 0.143. The number of aromatic amines is 1. The van der Waals surface area contributed by atoms with Gasteiger partial charge in [-0.1, -0.05) is 30.7 Å². The lowest BCUT2D eigenvalue weighted by molar-refractivity contribution is -0.132. The number of likely N-dealkylation sites (tertiary alicyclic amines) is 1. The number of aromatic nitrogens is 3. The fourth-order valence-electron chi connectivity index (χ4n) is 3.29. The van der Waals surface area contributed by atoms with Crippen molar-refractivity contribution < 1.29 is 4.79 Å². The van der Waals surface area contributed by atoms with Crippen LogP contribution in [0.3, 0.4) is 0 Å². The summed E-state index contributed by atoms with van der Waals surface area (Å²) in [5, 5.41) is 6.91. The third-order valence-corrected chi connectivity index (χ3v) is 4.80. The van der Waals surface area contributed by atoms with Gasteiger partial charge in [-0.05, 0) is 37.4 Å². The standard InChI is InChI=1S/C18H25N5O/c1-14-7-3-4-8-15(14)11-22(2)17(24)12-23-10-6-5-9-16(23)18-19-13-20-21-18/h3-4,7-8,13,16H,5-6,9-12H2,1-2H3,(H,19,20,21)/t16-/m1/s1. The zero-order valence-corrected chi connectivity index (χ0v) is 14.4. The van der Waals surface area contributed by atoms with Crippen molar-refractivity contribution in [3.63, 3.8) is 0 Å². The van der Waals surface area contributed by atoms with E-state index < -0.39 is 0 Å². The zero-order valence-electron chi connectivity index (χ0n) is 14.4. The van der Waals surface area contributed by atoms with Gasteiger partial charge in [0.15, 0.2) is 0 Å². The number of aryl methyl sites for hydroxylation is 1. The second-order valence-electron chi connectivity index (χ2n) is 6.53. The van der Waals surface area contributed by atoms with Gasteiger partial charge in [-0.3, -0.25) is 14.8 Å². The van der Waals surface area contributed by atoms with Gasteiger partial charge in [0.25, 0.3) is 0 Å². The molecule has 1 amide bonds. The number of nitrogens with zero attached hydrogens (tertiary/aromatic N) is 4. The number of carbonyl (C=O) groups excluding carboxylic acids is 1.